The molecule has 1 aromatic heterocycles. The number of carbonyl (C=O) groups is 1. The summed E-state index contributed by atoms with van der Waals surface area (Å²) >= 11 is 1.40. The van der Waals surface area contributed by atoms with E-state index in [1.54, 1.807) is 12.5 Å². The summed E-state index contributed by atoms with van der Waals surface area (Å²) in [6.45, 7) is -0.642. The molecule has 170 valence electrons. The molecule has 0 atom stereocenters. The Bertz CT molecular complexity index is 1070. The molecule has 0 fully saturated rings. The molecule has 0 saturated carbocycles. The molecule has 0 aliphatic heterocycles. The Morgan fingerprint density at radius 3 is 2.44 bits per heavy atom. The van der Waals surface area contributed by atoms with E-state index in [1.165, 1.54) is 36.6 Å². The summed E-state index contributed by atoms with van der Waals surface area (Å²) in [5, 5.41) is 2.51. The van der Waals surface area contributed by atoms with Crippen LogP contribution in [0.2, 0.25) is 0 Å². The predicted molar refractivity (Wildman–Crippen MR) is 114 cm³/mol. The molecule has 0 unspecified atom stereocenters. The van der Waals surface area contributed by atoms with Gasteiger partial charge in [0, 0.05) is 10.9 Å². The summed E-state index contributed by atoms with van der Waals surface area (Å²) in [7, 11) is 2.85. The minimum atomic E-state index is -3.00. The van der Waals surface area contributed by atoms with Crippen molar-refractivity contribution in [3.8, 4) is 33.6 Å². The van der Waals surface area contributed by atoms with E-state index in [0.717, 1.165) is 10.6 Å². The highest BCUT2D eigenvalue weighted by Crippen LogP contribution is 2.34. The molecule has 1 heterocycles. The second kappa shape index (κ2) is 10.8. The van der Waals surface area contributed by atoms with E-state index in [1.807, 2.05) is 25.1 Å². The number of aromatic nitrogens is 1. The normalized spacial score (nSPS) is 10.7. The monoisotopic (exact) mass is 465 g/mol. The number of ether oxygens (including phenoxy) is 5. The number of alkyl halides is 2. The second-order valence-corrected chi connectivity index (χ2v) is 7.12. The van der Waals surface area contributed by atoms with Gasteiger partial charge in [0.1, 0.15) is 11.6 Å². The molecule has 32 heavy (non-hydrogen) atoms. The number of carbonyl (C=O) groups excluding carboxylic acids is 1. The van der Waals surface area contributed by atoms with Gasteiger partial charge in [-0.2, -0.15) is 8.78 Å². The van der Waals surface area contributed by atoms with Crippen molar-refractivity contribution in [2.75, 3.05) is 20.8 Å². The van der Waals surface area contributed by atoms with Crippen LogP contribution in [-0.2, 0) is 11.3 Å². The molecule has 0 spiro atoms. The molecule has 0 aliphatic rings. The van der Waals surface area contributed by atoms with E-state index in [0.29, 0.717) is 23.8 Å². The van der Waals surface area contributed by atoms with Crippen LogP contribution in [0.25, 0.3) is 10.6 Å². The average Bonchev–Trinajstić information content (AvgIpc) is 3.27. The first-order chi connectivity index (χ1) is 15.4. The Labute approximate surface area is 187 Å². The molecule has 7 nitrogen and oxygen atoms in total. The molecule has 0 aliphatic carbocycles. The Morgan fingerprint density at radius 1 is 1.03 bits per heavy atom. The number of esters is 1. The molecule has 0 bridgehead atoms. The van der Waals surface area contributed by atoms with Crippen LogP contribution < -0.4 is 18.9 Å². The highest BCUT2D eigenvalue weighted by atomic mass is 32.1. The highest BCUT2D eigenvalue weighted by molar-refractivity contribution is 7.13. The molecular formula is C22H21F2NO6S. The summed E-state index contributed by atoms with van der Waals surface area (Å²) in [5.41, 5.74) is 1.54. The summed E-state index contributed by atoms with van der Waals surface area (Å²) in [6, 6.07) is 9.34. The van der Waals surface area contributed by atoms with E-state index >= 15 is 0 Å². The molecule has 0 radical (unpaired) electrons. The van der Waals surface area contributed by atoms with Crippen molar-refractivity contribution >= 4 is 17.3 Å². The third kappa shape index (κ3) is 5.64. The van der Waals surface area contributed by atoms with Crippen molar-refractivity contribution in [3.05, 3.63) is 53.0 Å². The van der Waals surface area contributed by atoms with Crippen LogP contribution in [0.3, 0.4) is 0 Å². The van der Waals surface area contributed by atoms with Gasteiger partial charge in [-0.1, -0.05) is 0 Å². The summed E-state index contributed by atoms with van der Waals surface area (Å²) < 4.78 is 50.4. The van der Waals surface area contributed by atoms with Crippen molar-refractivity contribution in [2.45, 2.75) is 20.1 Å². The van der Waals surface area contributed by atoms with Crippen LogP contribution in [-0.4, -0.2) is 38.4 Å². The number of halogens is 2. The lowest BCUT2D eigenvalue weighted by molar-refractivity contribution is -0.0512. The minimum Gasteiger partial charge on any atom is -0.493 e. The van der Waals surface area contributed by atoms with Gasteiger partial charge in [-0.25, -0.2) is 9.78 Å². The Balaban J connectivity index is 1.67. The molecule has 2 aromatic carbocycles. The number of hydrogen-bond donors (Lipinski definition) is 0. The van der Waals surface area contributed by atoms with Crippen molar-refractivity contribution in [3.63, 3.8) is 0 Å². The van der Waals surface area contributed by atoms with E-state index in [4.69, 9.17) is 18.9 Å². The zero-order valence-corrected chi connectivity index (χ0v) is 18.4. The smallest absolute Gasteiger partial charge is 0.387 e. The van der Waals surface area contributed by atoms with Gasteiger partial charge in [-0.3, -0.25) is 0 Å². The molecule has 0 amide bonds. The summed E-state index contributed by atoms with van der Waals surface area (Å²) in [4.78, 5) is 16.9. The number of hydrogen-bond acceptors (Lipinski definition) is 8. The lowest BCUT2D eigenvalue weighted by Crippen LogP contribution is -2.07. The van der Waals surface area contributed by atoms with E-state index in [-0.39, 0.29) is 23.7 Å². The zero-order chi connectivity index (χ0) is 23.1. The van der Waals surface area contributed by atoms with E-state index < -0.39 is 12.6 Å². The molecule has 3 rings (SSSR count). The predicted octanol–water partition coefficient (Wildman–Crippen LogP) is 5.18. The lowest BCUT2D eigenvalue weighted by Gasteiger charge is -2.11. The lowest BCUT2D eigenvalue weighted by atomic mass is 10.2. The van der Waals surface area contributed by atoms with Crippen LogP contribution in [0.15, 0.2) is 41.8 Å². The van der Waals surface area contributed by atoms with Crippen molar-refractivity contribution in [1.29, 1.82) is 0 Å². The maximum absolute atomic E-state index is 12.4. The van der Waals surface area contributed by atoms with Gasteiger partial charge in [0.05, 0.1) is 32.1 Å². The van der Waals surface area contributed by atoms with Crippen LogP contribution in [0, 0.1) is 0 Å². The van der Waals surface area contributed by atoms with Gasteiger partial charge in [-0.05, 0) is 43.3 Å². The van der Waals surface area contributed by atoms with Gasteiger partial charge in [0.25, 0.3) is 0 Å². The molecule has 0 N–H and O–H groups in total. The summed E-state index contributed by atoms with van der Waals surface area (Å²) in [5.74, 6) is 0.420. The number of benzene rings is 2. The minimum absolute atomic E-state index is 0.000131. The standard InChI is InChI=1S/C22H21F2NO6S/c1-4-29-16-7-5-13(9-18(16)27-2)20-25-15(12-32-20)11-30-21(26)14-6-8-17(31-22(23)24)19(10-14)28-3/h5-10,12,22H,4,11H2,1-3H3. The van der Waals surface area contributed by atoms with Gasteiger partial charge in [0.15, 0.2) is 23.0 Å². The molecular weight excluding hydrogens is 444 g/mol. The number of nitrogens with zero attached hydrogens (tertiary/aromatic N) is 1. The van der Waals surface area contributed by atoms with Gasteiger partial charge < -0.3 is 23.7 Å². The third-order valence-electron chi connectivity index (χ3n) is 4.23. The largest absolute Gasteiger partial charge is 0.493 e. The molecule has 0 saturated heterocycles. The summed E-state index contributed by atoms with van der Waals surface area (Å²) in [6.07, 6.45) is 0. The first-order valence-electron chi connectivity index (χ1n) is 9.50. The fourth-order valence-corrected chi connectivity index (χ4v) is 3.59. The molecule has 3 aromatic rings. The Morgan fingerprint density at radius 2 is 1.75 bits per heavy atom. The van der Waals surface area contributed by atoms with Gasteiger partial charge in [0.2, 0.25) is 0 Å². The Kier molecular flexibility index (Phi) is 7.82. The maximum Gasteiger partial charge on any atom is 0.387 e. The second-order valence-electron chi connectivity index (χ2n) is 6.26. The van der Waals surface area contributed by atoms with Crippen molar-refractivity contribution < 1.29 is 37.3 Å². The zero-order valence-electron chi connectivity index (χ0n) is 17.6. The maximum atomic E-state index is 12.4. The number of methoxy groups -OCH3 is 2. The highest BCUT2D eigenvalue weighted by Gasteiger charge is 2.16. The topological polar surface area (TPSA) is 76.1 Å². The number of rotatable bonds is 10. The quantitative estimate of drug-likeness (QED) is 0.382. The first-order valence-corrected chi connectivity index (χ1v) is 10.4. The van der Waals surface area contributed by atoms with Crippen LogP contribution >= 0.6 is 11.3 Å². The fourth-order valence-electron chi connectivity index (χ4n) is 2.79. The SMILES string of the molecule is CCOc1ccc(-c2nc(COC(=O)c3ccc(OC(F)F)c(OC)c3)cs2)cc1OC. The van der Waals surface area contributed by atoms with Crippen molar-refractivity contribution in [1.82, 2.24) is 4.98 Å². The third-order valence-corrected chi connectivity index (χ3v) is 5.17. The molecule has 10 heteroatoms. The Hall–Kier alpha value is -3.40. The van der Waals surface area contributed by atoms with Gasteiger partial charge in [-0.15, -0.1) is 11.3 Å². The van der Waals surface area contributed by atoms with Crippen LogP contribution in [0.4, 0.5) is 8.78 Å². The van der Waals surface area contributed by atoms with Crippen LogP contribution in [0.1, 0.15) is 23.0 Å². The van der Waals surface area contributed by atoms with Crippen molar-refractivity contribution in [2.24, 2.45) is 0 Å². The number of thiazole rings is 1. The fraction of sp³-hybridized carbons (Fsp3) is 0.273. The first kappa shape index (κ1) is 23.3. The van der Waals surface area contributed by atoms with E-state index in [2.05, 4.69) is 9.72 Å². The van der Waals surface area contributed by atoms with Crippen LogP contribution in [0.5, 0.6) is 23.0 Å². The van der Waals surface area contributed by atoms with Gasteiger partial charge >= 0.3 is 12.6 Å². The average molecular weight is 465 g/mol. The van der Waals surface area contributed by atoms with E-state index in [9.17, 15) is 13.6 Å².